The van der Waals surface area contributed by atoms with Gasteiger partial charge in [0.25, 0.3) is 0 Å². The van der Waals surface area contributed by atoms with Crippen LogP contribution in [0.25, 0.3) is 0 Å². The molecule has 0 saturated carbocycles. The normalized spacial score (nSPS) is 10.2. The van der Waals surface area contributed by atoms with Gasteiger partial charge < -0.3 is 15.8 Å². The first-order valence-electron chi connectivity index (χ1n) is 6.03. The third kappa shape index (κ3) is 3.54. The number of aromatic nitrogens is 1. The van der Waals surface area contributed by atoms with Crippen molar-refractivity contribution in [2.24, 2.45) is 0 Å². The third-order valence-electron chi connectivity index (χ3n) is 2.53. The zero-order valence-corrected chi connectivity index (χ0v) is 11.8. The maximum Gasteiger partial charge on any atom is 0.239 e. The van der Waals surface area contributed by atoms with Gasteiger partial charge >= 0.3 is 0 Å². The minimum absolute atomic E-state index is 0.466. The summed E-state index contributed by atoms with van der Waals surface area (Å²) < 4.78 is 5.37. The molecule has 5 heteroatoms. The van der Waals surface area contributed by atoms with Gasteiger partial charge in [0.2, 0.25) is 5.88 Å². The van der Waals surface area contributed by atoms with Crippen LogP contribution in [-0.4, -0.2) is 17.8 Å². The SMILES string of the molecule is CCOc1nc(Nc2ccc(SC)cc2)ccc1N. The molecule has 0 aliphatic carbocycles. The highest BCUT2D eigenvalue weighted by Gasteiger charge is 2.04. The van der Waals surface area contributed by atoms with Crippen LogP contribution in [0.5, 0.6) is 5.88 Å². The largest absolute Gasteiger partial charge is 0.476 e. The molecule has 1 aromatic heterocycles. The number of nitrogens with two attached hydrogens (primary N) is 1. The fourth-order valence-electron chi connectivity index (χ4n) is 1.60. The van der Waals surface area contributed by atoms with Crippen molar-refractivity contribution in [2.45, 2.75) is 11.8 Å². The van der Waals surface area contributed by atoms with Crippen molar-refractivity contribution in [3.63, 3.8) is 0 Å². The van der Waals surface area contributed by atoms with E-state index in [-0.39, 0.29) is 0 Å². The number of benzene rings is 1. The molecule has 0 spiro atoms. The maximum absolute atomic E-state index is 5.79. The van der Waals surface area contributed by atoms with Crippen LogP contribution in [0.2, 0.25) is 0 Å². The van der Waals surface area contributed by atoms with Gasteiger partial charge in [-0.05, 0) is 49.6 Å². The molecular formula is C14H17N3OS. The number of thioether (sulfide) groups is 1. The van der Waals surface area contributed by atoms with Gasteiger partial charge in [-0.2, -0.15) is 4.98 Å². The van der Waals surface area contributed by atoms with E-state index in [2.05, 4.69) is 28.7 Å². The summed E-state index contributed by atoms with van der Waals surface area (Å²) in [6.07, 6.45) is 2.05. The number of hydrogen-bond acceptors (Lipinski definition) is 5. The van der Waals surface area contributed by atoms with Crippen molar-refractivity contribution in [2.75, 3.05) is 23.9 Å². The van der Waals surface area contributed by atoms with Crippen LogP contribution in [0.4, 0.5) is 17.2 Å². The Morgan fingerprint density at radius 3 is 2.58 bits per heavy atom. The van der Waals surface area contributed by atoms with Crippen LogP contribution in [0.15, 0.2) is 41.3 Å². The Labute approximate surface area is 117 Å². The van der Waals surface area contributed by atoms with Gasteiger partial charge in [0.05, 0.1) is 12.3 Å². The summed E-state index contributed by atoms with van der Waals surface area (Å²) in [5.74, 6) is 1.18. The van der Waals surface area contributed by atoms with Crippen molar-refractivity contribution < 1.29 is 4.74 Å². The van der Waals surface area contributed by atoms with Crippen molar-refractivity contribution in [1.82, 2.24) is 4.98 Å². The molecule has 100 valence electrons. The van der Waals surface area contributed by atoms with Gasteiger partial charge in [-0.25, -0.2) is 0 Å². The second kappa shape index (κ2) is 6.33. The van der Waals surface area contributed by atoms with E-state index in [0.717, 1.165) is 11.5 Å². The Hall–Kier alpha value is -1.88. The highest BCUT2D eigenvalue weighted by atomic mass is 32.2. The Balaban J connectivity index is 2.15. The third-order valence-corrected chi connectivity index (χ3v) is 3.28. The molecule has 0 bridgehead atoms. The number of nitrogens with zero attached hydrogens (tertiary/aromatic N) is 1. The molecule has 2 aromatic rings. The second-order valence-corrected chi connectivity index (χ2v) is 4.76. The lowest BCUT2D eigenvalue weighted by molar-refractivity contribution is 0.329. The molecule has 0 fully saturated rings. The predicted molar refractivity (Wildman–Crippen MR) is 81.3 cm³/mol. The molecule has 0 saturated heterocycles. The smallest absolute Gasteiger partial charge is 0.239 e. The predicted octanol–water partition coefficient (Wildman–Crippen LogP) is 3.53. The van der Waals surface area contributed by atoms with E-state index in [1.165, 1.54) is 4.90 Å². The lowest BCUT2D eigenvalue weighted by atomic mass is 10.3. The van der Waals surface area contributed by atoms with E-state index in [1.807, 2.05) is 25.1 Å². The van der Waals surface area contributed by atoms with Gasteiger partial charge in [0.15, 0.2) is 0 Å². The van der Waals surface area contributed by atoms with E-state index < -0.39 is 0 Å². The lowest BCUT2D eigenvalue weighted by Gasteiger charge is -2.10. The molecule has 0 unspecified atom stereocenters. The zero-order chi connectivity index (χ0) is 13.7. The van der Waals surface area contributed by atoms with Crippen molar-refractivity contribution >= 4 is 29.0 Å². The summed E-state index contributed by atoms with van der Waals surface area (Å²) in [5, 5.41) is 3.23. The van der Waals surface area contributed by atoms with E-state index in [0.29, 0.717) is 18.2 Å². The minimum Gasteiger partial charge on any atom is -0.476 e. The molecule has 0 atom stereocenters. The van der Waals surface area contributed by atoms with E-state index in [9.17, 15) is 0 Å². The Bertz CT molecular complexity index is 543. The molecule has 0 radical (unpaired) electrons. The molecule has 19 heavy (non-hydrogen) atoms. The topological polar surface area (TPSA) is 60.2 Å². The minimum atomic E-state index is 0.466. The first-order valence-corrected chi connectivity index (χ1v) is 7.25. The van der Waals surface area contributed by atoms with Crippen LogP contribution >= 0.6 is 11.8 Å². The molecule has 0 aliphatic rings. The highest BCUT2D eigenvalue weighted by Crippen LogP contribution is 2.24. The highest BCUT2D eigenvalue weighted by molar-refractivity contribution is 7.98. The van der Waals surface area contributed by atoms with Gasteiger partial charge in [0, 0.05) is 10.6 Å². The van der Waals surface area contributed by atoms with Crippen LogP contribution < -0.4 is 15.8 Å². The fraction of sp³-hybridized carbons (Fsp3) is 0.214. The molecule has 1 heterocycles. The second-order valence-electron chi connectivity index (χ2n) is 3.88. The average molecular weight is 275 g/mol. The van der Waals surface area contributed by atoms with E-state index in [4.69, 9.17) is 10.5 Å². The van der Waals surface area contributed by atoms with Crippen LogP contribution in [0, 0.1) is 0 Å². The Morgan fingerprint density at radius 2 is 1.95 bits per heavy atom. The van der Waals surface area contributed by atoms with Crippen molar-refractivity contribution in [3.8, 4) is 5.88 Å². The monoisotopic (exact) mass is 275 g/mol. The lowest BCUT2D eigenvalue weighted by Crippen LogP contribution is -2.02. The van der Waals surface area contributed by atoms with E-state index in [1.54, 1.807) is 17.8 Å². The zero-order valence-electron chi connectivity index (χ0n) is 11.0. The van der Waals surface area contributed by atoms with Gasteiger partial charge in [-0.15, -0.1) is 11.8 Å². The van der Waals surface area contributed by atoms with Crippen molar-refractivity contribution in [3.05, 3.63) is 36.4 Å². The number of rotatable bonds is 5. The van der Waals surface area contributed by atoms with Gasteiger partial charge in [-0.1, -0.05) is 0 Å². The molecule has 0 amide bonds. The van der Waals surface area contributed by atoms with Crippen LogP contribution in [0.1, 0.15) is 6.92 Å². The van der Waals surface area contributed by atoms with Gasteiger partial charge in [0.1, 0.15) is 5.82 Å². The fourth-order valence-corrected chi connectivity index (χ4v) is 2.00. The molecule has 3 N–H and O–H groups in total. The number of anilines is 3. The molecule has 1 aromatic carbocycles. The number of nitrogen functional groups attached to an aromatic ring is 1. The summed E-state index contributed by atoms with van der Waals surface area (Å²) in [6, 6.07) is 11.8. The molecule has 0 aliphatic heterocycles. The van der Waals surface area contributed by atoms with E-state index >= 15 is 0 Å². The first kappa shape index (κ1) is 13.5. The number of ether oxygens (including phenoxy) is 1. The first-order chi connectivity index (χ1) is 9.22. The molecule has 2 rings (SSSR count). The summed E-state index contributed by atoms with van der Waals surface area (Å²) in [6.45, 7) is 2.45. The van der Waals surface area contributed by atoms with Crippen LogP contribution in [0.3, 0.4) is 0 Å². The maximum atomic E-state index is 5.79. The Morgan fingerprint density at radius 1 is 1.21 bits per heavy atom. The van der Waals surface area contributed by atoms with Gasteiger partial charge in [-0.3, -0.25) is 0 Å². The number of hydrogen-bond donors (Lipinski definition) is 2. The number of pyridine rings is 1. The van der Waals surface area contributed by atoms with Crippen molar-refractivity contribution in [1.29, 1.82) is 0 Å². The molecule has 4 nitrogen and oxygen atoms in total. The van der Waals surface area contributed by atoms with Crippen LogP contribution in [-0.2, 0) is 0 Å². The summed E-state index contributed by atoms with van der Waals surface area (Å²) in [4.78, 5) is 5.56. The summed E-state index contributed by atoms with van der Waals surface area (Å²) >= 11 is 1.71. The molecular weight excluding hydrogens is 258 g/mol. The average Bonchev–Trinajstić information content (AvgIpc) is 2.44. The summed E-state index contributed by atoms with van der Waals surface area (Å²) in [5.41, 5.74) is 7.32. The number of nitrogens with one attached hydrogen (secondary N) is 1. The summed E-state index contributed by atoms with van der Waals surface area (Å²) in [7, 11) is 0. The standard InChI is InChI=1S/C14H17N3OS/c1-3-18-14-12(15)8-9-13(17-14)16-10-4-6-11(19-2)7-5-10/h4-9H,3,15H2,1-2H3,(H,16,17). The Kier molecular flexibility index (Phi) is 4.52. The quantitative estimate of drug-likeness (QED) is 0.817.